The Morgan fingerprint density at radius 1 is 0.947 bits per heavy atom. The van der Waals surface area contributed by atoms with Crippen LogP contribution in [0.4, 0.5) is 5.69 Å². The summed E-state index contributed by atoms with van der Waals surface area (Å²) in [6.07, 6.45) is 3.83. The van der Waals surface area contributed by atoms with Crippen LogP contribution in [0.2, 0.25) is 0 Å². The van der Waals surface area contributed by atoms with Crippen molar-refractivity contribution in [3.63, 3.8) is 0 Å². The summed E-state index contributed by atoms with van der Waals surface area (Å²) in [5.74, 6) is 0.541. The van der Waals surface area contributed by atoms with E-state index in [4.69, 9.17) is 9.47 Å². The molecule has 2 fully saturated rings. The van der Waals surface area contributed by atoms with E-state index >= 15 is 0 Å². The van der Waals surface area contributed by atoms with Crippen molar-refractivity contribution >= 4 is 17.6 Å². The van der Waals surface area contributed by atoms with Gasteiger partial charge in [-0.2, -0.15) is 0 Å². The van der Waals surface area contributed by atoms with Gasteiger partial charge in [0.2, 0.25) is 5.91 Å². The third kappa shape index (κ3) is 7.29. The molecule has 0 N–H and O–H groups in total. The molecule has 2 aliphatic heterocycles. The first-order valence-corrected chi connectivity index (χ1v) is 13.7. The van der Waals surface area contributed by atoms with Crippen LogP contribution in [0.3, 0.4) is 0 Å². The van der Waals surface area contributed by atoms with Gasteiger partial charge in [-0.15, -0.1) is 0 Å². The second-order valence-electron chi connectivity index (χ2n) is 8.97. The monoisotopic (exact) mass is 527 g/mol. The Hall–Kier alpha value is -3.04. The van der Waals surface area contributed by atoms with Gasteiger partial charge in [0, 0.05) is 63.5 Å². The average molecular weight is 528 g/mol. The molecule has 0 aliphatic carbocycles. The zero-order valence-corrected chi connectivity index (χ0v) is 24.1. The molecule has 2 atom stereocenters. The molecule has 2 aromatic rings. The molecule has 2 saturated heterocycles. The van der Waals surface area contributed by atoms with Gasteiger partial charge in [-0.3, -0.25) is 14.5 Å². The summed E-state index contributed by atoms with van der Waals surface area (Å²) in [7, 11) is 3.01. The predicted molar refractivity (Wildman–Crippen MR) is 151 cm³/mol. The maximum Gasteiger partial charge on any atom is 0.315 e. The van der Waals surface area contributed by atoms with Crippen molar-refractivity contribution < 1.29 is 19.1 Å². The standard InChI is InChI=1S/C25H33N5O4.2C2H6/c1-19(33-2)25(24(32)34-3)9-12-28(18-25)17-22(31)30-15-13-29(14-16-30)21-7-5-20(6-8-21)23-26-10-4-11-27-23;2*1-2/h4-8,10-11,19H,9,12-18H2,1-3H3;2*1-2H3. The quantitative estimate of drug-likeness (QED) is 0.503. The fourth-order valence-electron chi connectivity index (χ4n) is 4.92. The van der Waals surface area contributed by atoms with Gasteiger partial charge in [-0.1, -0.05) is 27.7 Å². The van der Waals surface area contributed by atoms with Crippen LogP contribution in [-0.2, 0) is 19.1 Å². The van der Waals surface area contributed by atoms with Crippen LogP contribution in [0.1, 0.15) is 41.0 Å². The lowest BCUT2D eigenvalue weighted by Gasteiger charge is -2.37. The van der Waals surface area contributed by atoms with Crippen LogP contribution in [0.5, 0.6) is 0 Å². The van der Waals surface area contributed by atoms with E-state index in [2.05, 4.69) is 27.0 Å². The van der Waals surface area contributed by atoms with E-state index < -0.39 is 5.41 Å². The highest BCUT2D eigenvalue weighted by atomic mass is 16.5. The first kappa shape index (κ1) is 31.2. The van der Waals surface area contributed by atoms with Crippen molar-refractivity contribution in [2.45, 2.75) is 47.1 Å². The van der Waals surface area contributed by atoms with E-state index in [0.29, 0.717) is 45.0 Å². The fourth-order valence-corrected chi connectivity index (χ4v) is 4.92. The maximum absolute atomic E-state index is 13.0. The molecule has 9 nitrogen and oxygen atoms in total. The van der Waals surface area contributed by atoms with Crippen LogP contribution in [0, 0.1) is 5.41 Å². The second-order valence-corrected chi connectivity index (χ2v) is 8.97. The molecule has 1 aromatic heterocycles. The molecule has 3 heterocycles. The molecule has 4 rings (SSSR count). The van der Waals surface area contributed by atoms with Gasteiger partial charge in [0.1, 0.15) is 5.41 Å². The lowest BCUT2D eigenvalue weighted by molar-refractivity contribution is -0.160. The number of ether oxygens (including phenoxy) is 2. The molecule has 9 heteroatoms. The van der Waals surface area contributed by atoms with Crippen LogP contribution in [0.15, 0.2) is 42.7 Å². The number of anilines is 1. The highest BCUT2D eigenvalue weighted by Crippen LogP contribution is 2.36. The number of hydrogen-bond acceptors (Lipinski definition) is 8. The Morgan fingerprint density at radius 2 is 1.55 bits per heavy atom. The first-order chi connectivity index (χ1) is 18.5. The van der Waals surface area contributed by atoms with Crippen molar-refractivity contribution in [1.82, 2.24) is 19.8 Å². The number of rotatable bonds is 7. The van der Waals surface area contributed by atoms with E-state index in [1.807, 2.05) is 56.6 Å². The van der Waals surface area contributed by atoms with E-state index in [1.165, 1.54) is 7.11 Å². The van der Waals surface area contributed by atoms with Crippen LogP contribution < -0.4 is 4.90 Å². The van der Waals surface area contributed by atoms with Gasteiger partial charge in [0.05, 0.1) is 19.8 Å². The molecule has 0 radical (unpaired) electrons. The molecule has 1 amide bonds. The highest BCUT2D eigenvalue weighted by Gasteiger charge is 2.50. The molecule has 2 aliphatic rings. The zero-order valence-electron chi connectivity index (χ0n) is 24.1. The number of benzene rings is 1. The molecule has 0 bridgehead atoms. The third-order valence-electron chi connectivity index (χ3n) is 7.15. The number of carbonyl (C=O) groups excluding carboxylic acids is 2. The summed E-state index contributed by atoms with van der Waals surface area (Å²) in [5, 5.41) is 0. The number of esters is 1. The SMILES string of the molecule is CC.CC.COC(=O)C1(C(C)OC)CCN(CC(=O)N2CCN(c3ccc(-c4ncccn4)cc3)CC2)C1. The predicted octanol–water partition coefficient (Wildman–Crippen LogP) is 3.74. The van der Waals surface area contributed by atoms with Crippen molar-refractivity contribution in [2.75, 3.05) is 64.9 Å². The number of piperazine rings is 1. The number of amides is 1. The number of likely N-dealkylation sites (tertiary alicyclic amines) is 1. The molecular weight excluding hydrogens is 482 g/mol. The largest absolute Gasteiger partial charge is 0.468 e. The van der Waals surface area contributed by atoms with Crippen molar-refractivity contribution in [2.24, 2.45) is 5.41 Å². The Balaban J connectivity index is 0.00000121. The summed E-state index contributed by atoms with van der Waals surface area (Å²) >= 11 is 0. The first-order valence-electron chi connectivity index (χ1n) is 13.7. The number of aromatic nitrogens is 2. The molecule has 1 aromatic carbocycles. The molecular formula is C29H45N5O4. The zero-order chi connectivity index (χ0) is 28.1. The topological polar surface area (TPSA) is 88.1 Å². The van der Waals surface area contributed by atoms with Gasteiger partial charge in [0.25, 0.3) is 0 Å². The molecule has 210 valence electrons. The van der Waals surface area contributed by atoms with Crippen molar-refractivity contribution in [3.05, 3.63) is 42.7 Å². The second kappa shape index (κ2) is 15.4. The van der Waals surface area contributed by atoms with Crippen LogP contribution in [-0.4, -0.2) is 97.8 Å². The number of nitrogens with zero attached hydrogens (tertiary/aromatic N) is 5. The highest BCUT2D eigenvalue weighted by molar-refractivity contribution is 5.80. The number of carbonyl (C=O) groups is 2. The van der Waals surface area contributed by atoms with Crippen LogP contribution >= 0.6 is 0 Å². The lowest BCUT2D eigenvalue weighted by atomic mass is 9.82. The van der Waals surface area contributed by atoms with Gasteiger partial charge in [0.15, 0.2) is 5.82 Å². The lowest BCUT2D eigenvalue weighted by Crippen LogP contribution is -2.51. The van der Waals surface area contributed by atoms with Crippen molar-refractivity contribution in [1.29, 1.82) is 0 Å². The molecule has 2 unspecified atom stereocenters. The summed E-state index contributed by atoms with van der Waals surface area (Å²) in [6.45, 7) is 14.2. The summed E-state index contributed by atoms with van der Waals surface area (Å²) in [5.41, 5.74) is 1.39. The van der Waals surface area contributed by atoms with Gasteiger partial charge in [-0.05, 0) is 50.2 Å². The van der Waals surface area contributed by atoms with Gasteiger partial charge >= 0.3 is 5.97 Å². The Labute approximate surface area is 228 Å². The maximum atomic E-state index is 13.0. The Kier molecular flexibility index (Phi) is 12.6. The third-order valence-corrected chi connectivity index (χ3v) is 7.15. The smallest absolute Gasteiger partial charge is 0.315 e. The fraction of sp³-hybridized carbons (Fsp3) is 0.586. The summed E-state index contributed by atoms with van der Waals surface area (Å²) < 4.78 is 10.5. The summed E-state index contributed by atoms with van der Waals surface area (Å²) in [4.78, 5) is 40.3. The normalized spacial score (nSPS) is 20.0. The van der Waals surface area contributed by atoms with E-state index in [-0.39, 0.29) is 18.0 Å². The minimum Gasteiger partial charge on any atom is -0.468 e. The number of hydrogen-bond donors (Lipinski definition) is 0. The summed E-state index contributed by atoms with van der Waals surface area (Å²) in [6, 6.07) is 10.0. The van der Waals surface area contributed by atoms with E-state index in [9.17, 15) is 9.59 Å². The average Bonchev–Trinajstić information content (AvgIpc) is 3.43. The minimum atomic E-state index is -0.723. The molecule has 0 spiro atoms. The Bertz CT molecular complexity index is 980. The number of methoxy groups -OCH3 is 2. The molecule has 38 heavy (non-hydrogen) atoms. The van der Waals surface area contributed by atoms with Crippen LogP contribution in [0.25, 0.3) is 11.4 Å². The van der Waals surface area contributed by atoms with Crippen molar-refractivity contribution in [3.8, 4) is 11.4 Å². The van der Waals surface area contributed by atoms with E-state index in [1.54, 1.807) is 25.6 Å². The van der Waals surface area contributed by atoms with E-state index in [0.717, 1.165) is 24.3 Å². The molecule has 0 saturated carbocycles. The Morgan fingerprint density at radius 3 is 2.11 bits per heavy atom. The van der Waals surface area contributed by atoms with Gasteiger partial charge < -0.3 is 19.3 Å². The van der Waals surface area contributed by atoms with Gasteiger partial charge in [-0.25, -0.2) is 9.97 Å². The minimum absolute atomic E-state index is 0.0990.